The topological polar surface area (TPSA) is 65.2 Å². The van der Waals surface area contributed by atoms with Crippen LogP contribution in [0.15, 0.2) is 48.5 Å². The van der Waals surface area contributed by atoms with Crippen molar-refractivity contribution in [2.75, 3.05) is 31.1 Å². The van der Waals surface area contributed by atoms with Crippen molar-refractivity contribution in [3.8, 4) is 11.8 Å². The van der Waals surface area contributed by atoms with E-state index in [-0.39, 0.29) is 11.7 Å². The highest BCUT2D eigenvalue weighted by Gasteiger charge is 2.30. The Morgan fingerprint density at radius 2 is 1.66 bits per heavy atom. The van der Waals surface area contributed by atoms with Crippen molar-refractivity contribution >= 4 is 11.6 Å². The fraction of sp³-hybridized carbons (Fsp3) is 0.320. The van der Waals surface area contributed by atoms with Gasteiger partial charge in [-0.3, -0.25) is 4.79 Å². The molecule has 2 heterocycles. The normalized spacial score (nSPS) is 15.9. The smallest absolute Gasteiger partial charge is 0.274 e. The Hall–Kier alpha value is -3.66. The second-order valence-electron chi connectivity index (χ2n) is 8.31. The molecule has 0 atom stereocenters. The molecule has 3 aromatic rings. The van der Waals surface area contributed by atoms with Gasteiger partial charge in [-0.15, -0.1) is 0 Å². The molecule has 32 heavy (non-hydrogen) atoms. The Kier molecular flexibility index (Phi) is 5.36. The largest absolute Gasteiger partial charge is 0.370 e. The summed E-state index contributed by atoms with van der Waals surface area (Å²) in [4.78, 5) is 17.6. The summed E-state index contributed by atoms with van der Waals surface area (Å²) in [6.45, 7) is 2.90. The summed E-state index contributed by atoms with van der Waals surface area (Å²) in [6, 6.07) is 16.0. The second kappa shape index (κ2) is 8.46. The van der Waals surface area contributed by atoms with E-state index in [0.29, 0.717) is 24.3 Å². The lowest BCUT2D eigenvalue weighted by atomic mass is 10.2. The molecule has 162 valence electrons. The van der Waals surface area contributed by atoms with Gasteiger partial charge in [0.05, 0.1) is 17.3 Å². The molecule has 0 saturated carbocycles. The lowest BCUT2D eigenvalue weighted by molar-refractivity contribution is 0.0759. The Morgan fingerprint density at radius 1 is 0.906 bits per heavy atom. The molecule has 5 rings (SSSR count). The van der Waals surface area contributed by atoms with Crippen LogP contribution in [-0.2, 0) is 12.8 Å². The number of benzene rings is 2. The highest BCUT2D eigenvalue weighted by Crippen LogP contribution is 2.29. The van der Waals surface area contributed by atoms with Gasteiger partial charge < -0.3 is 9.80 Å². The molecule has 0 bridgehead atoms. The number of nitrogens with zero attached hydrogens (tertiary/aromatic N) is 5. The SMILES string of the molecule is N#Cc1ccc(N2CCCN(C(=O)c3nn(-c4ccc(F)cc4)c4c3CCC4)CC2)cc1. The molecule has 6 nitrogen and oxygen atoms in total. The van der Waals surface area contributed by atoms with Crippen LogP contribution in [0.1, 0.15) is 40.2 Å². The van der Waals surface area contributed by atoms with Crippen LogP contribution in [0.4, 0.5) is 10.1 Å². The number of rotatable bonds is 3. The minimum Gasteiger partial charge on any atom is -0.370 e. The van der Waals surface area contributed by atoms with Crippen LogP contribution in [0, 0.1) is 17.1 Å². The van der Waals surface area contributed by atoms with Crippen LogP contribution in [0.25, 0.3) is 5.69 Å². The van der Waals surface area contributed by atoms with Crippen LogP contribution in [0.5, 0.6) is 0 Å². The number of anilines is 1. The summed E-state index contributed by atoms with van der Waals surface area (Å²) in [7, 11) is 0. The minimum atomic E-state index is -0.287. The molecule has 2 aliphatic rings. The van der Waals surface area contributed by atoms with E-state index in [0.717, 1.165) is 61.4 Å². The maximum Gasteiger partial charge on any atom is 0.274 e. The lowest BCUT2D eigenvalue weighted by Gasteiger charge is -2.23. The summed E-state index contributed by atoms with van der Waals surface area (Å²) >= 11 is 0. The van der Waals surface area contributed by atoms with Crippen LogP contribution < -0.4 is 4.90 Å². The molecule has 1 aromatic heterocycles. The van der Waals surface area contributed by atoms with Crippen molar-refractivity contribution < 1.29 is 9.18 Å². The number of hydrogen-bond acceptors (Lipinski definition) is 4. The van der Waals surface area contributed by atoms with Crippen molar-refractivity contribution in [2.24, 2.45) is 0 Å². The van der Waals surface area contributed by atoms with E-state index in [2.05, 4.69) is 11.0 Å². The number of halogens is 1. The molecule has 2 aromatic carbocycles. The third-order valence-electron chi connectivity index (χ3n) is 6.35. The van der Waals surface area contributed by atoms with E-state index in [4.69, 9.17) is 10.4 Å². The Balaban J connectivity index is 1.36. The summed E-state index contributed by atoms with van der Waals surface area (Å²) in [5, 5.41) is 13.7. The standard InChI is InChI=1S/C25H24FN5O/c26-19-7-11-21(12-8-19)31-23-4-1-3-22(23)24(28-31)25(32)30-14-2-13-29(15-16-30)20-9-5-18(17-27)6-10-20/h5-12H,1-4,13-16H2. The number of amides is 1. The molecule has 1 aliphatic carbocycles. The molecule has 1 aliphatic heterocycles. The van der Waals surface area contributed by atoms with E-state index in [1.54, 1.807) is 12.1 Å². The van der Waals surface area contributed by atoms with Crippen LogP contribution in [0.3, 0.4) is 0 Å². The average molecular weight is 429 g/mol. The van der Waals surface area contributed by atoms with Crippen molar-refractivity contribution in [1.82, 2.24) is 14.7 Å². The third-order valence-corrected chi connectivity index (χ3v) is 6.35. The Morgan fingerprint density at radius 3 is 2.41 bits per heavy atom. The Bertz CT molecular complexity index is 1180. The average Bonchev–Trinajstić information content (AvgIpc) is 3.34. The molecular weight excluding hydrogens is 405 g/mol. The Labute approximate surface area is 186 Å². The molecular formula is C25H24FN5O. The van der Waals surface area contributed by atoms with Crippen LogP contribution in [-0.4, -0.2) is 46.8 Å². The van der Waals surface area contributed by atoms with Gasteiger partial charge in [-0.25, -0.2) is 9.07 Å². The van der Waals surface area contributed by atoms with Crippen LogP contribution >= 0.6 is 0 Å². The van der Waals surface area contributed by atoms with E-state index in [1.165, 1.54) is 12.1 Å². The summed E-state index contributed by atoms with van der Waals surface area (Å²) in [5.74, 6) is -0.309. The summed E-state index contributed by atoms with van der Waals surface area (Å²) < 4.78 is 15.2. The first-order valence-corrected chi connectivity index (χ1v) is 11.0. The number of hydrogen-bond donors (Lipinski definition) is 0. The molecule has 0 radical (unpaired) electrons. The van der Waals surface area contributed by atoms with E-state index >= 15 is 0 Å². The lowest BCUT2D eigenvalue weighted by Crippen LogP contribution is -2.36. The molecule has 1 fully saturated rings. The number of nitriles is 1. The first-order chi connectivity index (χ1) is 15.6. The number of fused-ring (bicyclic) bond motifs is 1. The highest BCUT2D eigenvalue weighted by molar-refractivity contribution is 5.94. The molecule has 1 amide bonds. The van der Waals surface area contributed by atoms with Gasteiger partial charge in [-0.1, -0.05) is 0 Å². The zero-order chi connectivity index (χ0) is 22.1. The number of carbonyl (C=O) groups excluding carboxylic acids is 1. The third kappa shape index (κ3) is 3.73. The van der Waals surface area contributed by atoms with Gasteiger partial charge in [0.2, 0.25) is 0 Å². The van der Waals surface area contributed by atoms with Gasteiger partial charge in [0.25, 0.3) is 5.91 Å². The predicted octanol–water partition coefficient (Wildman–Crippen LogP) is 3.72. The fourth-order valence-electron chi connectivity index (χ4n) is 4.68. The monoisotopic (exact) mass is 429 g/mol. The maximum absolute atomic E-state index is 13.5. The molecule has 1 saturated heterocycles. The van der Waals surface area contributed by atoms with Gasteiger partial charge in [-0.05, 0) is 74.2 Å². The molecule has 7 heteroatoms. The first kappa shape index (κ1) is 20.3. The van der Waals surface area contributed by atoms with Crippen molar-refractivity contribution in [2.45, 2.75) is 25.7 Å². The molecule has 0 spiro atoms. The number of carbonyl (C=O) groups is 1. The van der Waals surface area contributed by atoms with E-state index in [1.807, 2.05) is 33.8 Å². The van der Waals surface area contributed by atoms with Crippen molar-refractivity contribution in [3.63, 3.8) is 0 Å². The predicted molar refractivity (Wildman–Crippen MR) is 119 cm³/mol. The molecule has 0 N–H and O–H groups in total. The zero-order valence-electron chi connectivity index (χ0n) is 17.8. The number of aromatic nitrogens is 2. The quantitative estimate of drug-likeness (QED) is 0.637. The van der Waals surface area contributed by atoms with Crippen molar-refractivity contribution in [1.29, 1.82) is 5.26 Å². The van der Waals surface area contributed by atoms with Crippen molar-refractivity contribution in [3.05, 3.63) is 76.9 Å². The second-order valence-corrected chi connectivity index (χ2v) is 8.31. The fourth-order valence-corrected chi connectivity index (χ4v) is 4.68. The van der Waals surface area contributed by atoms with Crippen LogP contribution in [0.2, 0.25) is 0 Å². The van der Waals surface area contributed by atoms with E-state index in [9.17, 15) is 9.18 Å². The van der Waals surface area contributed by atoms with Gasteiger partial charge >= 0.3 is 0 Å². The zero-order valence-corrected chi connectivity index (χ0v) is 17.8. The van der Waals surface area contributed by atoms with Gasteiger partial charge in [0.15, 0.2) is 5.69 Å². The molecule has 0 unspecified atom stereocenters. The van der Waals surface area contributed by atoms with Gasteiger partial charge in [0.1, 0.15) is 5.82 Å². The first-order valence-electron chi connectivity index (χ1n) is 11.0. The van der Waals surface area contributed by atoms with E-state index < -0.39 is 0 Å². The minimum absolute atomic E-state index is 0.0225. The van der Waals surface area contributed by atoms with Gasteiger partial charge in [-0.2, -0.15) is 10.4 Å². The summed E-state index contributed by atoms with van der Waals surface area (Å²) in [5.41, 5.74) is 5.13. The maximum atomic E-state index is 13.5. The summed E-state index contributed by atoms with van der Waals surface area (Å²) in [6.07, 6.45) is 3.59. The highest BCUT2D eigenvalue weighted by atomic mass is 19.1. The van der Waals surface area contributed by atoms with Gasteiger partial charge in [0, 0.05) is 43.1 Å².